The van der Waals surface area contributed by atoms with Gasteiger partial charge in [-0.3, -0.25) is 9.59 Å². The van der Waals surface area contributed by atoms with Gasteiger partial charge in [0.25, 0.3) is 0 Å². The zero-order chi connectivity index (χ0) is 34.2. The monoisotopic (exact) mass is 698 g/mol. The van der Waals surface area contributed by atoms with Crippen molar-refractivity contribution in [2.24, 2.45) is 11.8 Å². The van der Waals surface area contributed by atoms with E-state index in [0.29, 0.717) is 30.4 Å². The number of anilines is 1. The molecular formula is C39H46N4O4S2. The first kappa shape index (κ1) is 35.0. The summed E-state index contributed by atoms with van der Waals surface area (Å²) in [5, 5.41) is 17.9. The predicted molar refractivity (Wildman–Crippen MR) is 201 cm³/mol. The van der Waals surface area contributed by atoms with Gasteiger partial charge in [0, 0.05) is 49.4 Å². The molecule has 3 aromatic rings. The number of ether oxygens (including phenoxy) is 1. The molecule has 0 aliphatic carbocycles. The van der Waals surface area contributed by atoms with Crippen LogP contribution in [0.15, 0.2) is 73.2 Å². The van der Waals surface area contributed by atoms with Crippen molar-refractivity contribution in [3.05, 3.63) is 101 Å². The number of aromatic hydroxyl groups is 1. The van der Waals surface area contributed by atoms with E-state index in [0.717, 1.165) is 73.7 Å². The molecule has 8 nitrogen and oxygen atoms in total. The van der Waals surface area contributed by atoms with Crippen LogP contribution >= 0.6 is 21.6 Å². The van der Waals surface area contributed by atoms with Gasteiger partial charge in [-0.1, -0.05) is 71.3 Å². The Morgan fingerprint density at radius 2 is 1.98 bits per heavy atom. The maximum Gasteiger partial charge on any atom is 0.163 e. The SMILES string of the molecule is CC[C@@H]1CCC(=O)CC(=O)/C=C/c2cc(OC)c(O)cc2Cc2cnc3c(c2)[C@](CN2C=CNC2)(SSC1)[C@@H](CCc1ccccc1)CN3. The third-order valence-corrected chi connectivity index (χ3v) is 13.3. The largest absolute Gasteiger partial charge is 0.504 e. The second-order valence-electron chi connectivity index (χ2n) is 13.3. The summed E-state index contributed by atoms with van der Waals surface area (Å²) in [5.74, 6) is 2.64. The summed E-state index contributed by atoms with van der Waals surface area (Å²) in [5.41, 5.74) is 5.14. The van der Waals surface area contributed by atoms with E-state index < -0.39 is 0 Å². The Morgan fingerprint density at radius 3 is 2.76 bits per heavy atom. The van der Waals surface area contributed by atoms with Gasteiger partial charge in [-0.05, 0) is 84.0 Å². The van der Waals surface area contributed by atoms with E-state index in [1.165, 1.54) is 24.3 Å². The fourth-order valence-corrected chi connectivity index (χ4v) is 10.9. The van der Waals surface area contributed by atoms with Crippen molar-refractivity contribution in [3.8, 4) is 11.5 Å². The zero-order valence-corrected chi connectivity index (χ0v) is 30.0. The van der Waals surface area contributed by atoms with Gasteiger partial charge in [0.05, 0.1) is 24.9 Å². The lowest BCUT2D eigenvalue weighted by Crippen LogP contribution is -2.48. The average Bonchev–Trinajstić information content (AvgIpc) is 3.62. The third-order valence-electron chi connectivity index (χ3n) is 9.91. The second-order valence-corrected chi connectivity index (χ2v) is 15.9. The number of methoxy groups -OCH3 is 1. The van der Waals surface area contributed by atoms with Gasteiger partial charge in [-0.2, -0.15) is 0 Å². The molecular weight excluding hydrogens is 653 g/mol. The molecule has 3 aliphatic rings. The number of rotatable bonds is 7. The maximum atomic E-state index is 12.9. The van der Waals surface area contributed by atoms with Crippen molar-refractivity contribution in [1.29, 1.82) is 0 Å². The van der Waals surface area contributed by atoms with E-state index in [-0.39, 0.29) is 28.5 Å². The number of aryl methyl sites for hydroxylation is 1. The molecule has 0 unspecified atom stereocenters. The summed E-state index contributed by atoms with van der Waals surface area (Å²) in [6.45, 7) is 4.60. The molecule has 0 saturated carbocycles. The van der Waals surface area contributed by atoms with Gasteiger partial charge in [0.2, 0.25) is 0 Å². The highest BCUT2D eigenvalue weighted by Crippen LogP contribution is 2.55. The number of allylic oxidation sites excluding steroid dienone is 1. The number of ketones is 2. The Balaban J connectivity index is 1.45. The Morgan fingerprint density at radius 1 is 1.12 bits per heavy atom. The average molecular weight is 699 g/mol. The molecule has 2 bridgehead atoms. The van der Waals surface area contributed by atoms with Gasteiger partial charge in [0.1, 0.15) is 11.6 Å². The highest BCUT2D eigenvalue weighted by atomic mass is 33.1. The Labute approximate surface area is 297 Å². The molecule has 49 heavy (non-hydrogen) atoms. The molecule has 0 radical (unpaired) electrons. The smallest absolute Gasteiger partial charge is 0.163 e. The number of phenols is 1. The molecule has 10 heteroatoms. The number of benzene rings is 2. The standard InChI is InChI=1S/C39H46N4O4S2/c1-3-27-10-13-33(44)21-34(45)14-11-30-20-37(47-2)36(46)19-31(30)17-29-18-35-38(41-22-29)42-23-32(12-9-28-7-5-4-6-8-28)39(35,49-48-24-27)25-43-16-15-40-26-43/h4-8,11,14-16,18-20,22,27,32,40,46H,3,9-10,12-13,17,21,23-26H2,1-2H3,(H,41,42)/b14-11+/t27-,32+,39-/m1/s1. The van der Waals surface area contributed by atoms with Crippen molar-refractivity contribution in [3.63, 3.8) is 0 Å². The minimum absolute atomic E-state index is 0.0230. The highest BCUT2D eigenvalue weighted by molar-refractivity contribution is 8.77. The lowest BCUT2D eigenvalue weighted by Gasteiger charge is -2.46. The Kier molecular flexibility index (Phi) is 11.6. The van der Waals surface area contributed by atoms with Crippen LogP contribution in [-0.2, 0) is 27.2 Å². The number of aromatic nitrogens is 1. The van der Waals surface area contributed by atoms with Gasteiger partial charge < -0.3 is 25.4 Å². The van der Waals surface area contributed by atoms with E-state index in [1.54, 1.807) is 18.2 Å². The quantitative estimate of drug-likeness (QED) is 0.172. The number of carbonyl (C=O) groups excluding carboxylic acids is 2. The first-order chi connectivity index (χ1) is 23.9. The van der Waals surface area contributed by atoms with Gasteiger partial charge in [-0.25, -0.2) is 4.98 Å². The predicted octanol–water partition coefficient (Wildman–Crippen LogP) is 7.33. The first-order valence-corrected chi connectivity index (χ1v) is 19.5. The molecule has 0 saturated heterocycles. The number of pyridine rings is 1. The number of nitrogens with one attached hydrogen (secondary N) is 2. The fraction of sp³-hybridized carbons (Fsp3) is 0.410. The van der Waals surface area contributed by atoms with Crippen LogP contribution in [0.3, 0.4) is 0 Å². The third kappa shape index (κ3) is 8.47. The number of hydrogen-bond acceptors (Lipinski definition) is 10. The lowest BCUT2D eigenvalue weighted by molar-refractivity contribution is -0.124. The van der Waals surface area contributed by atoms with E-state index in [2.05, 4.69) is 65.1 Å². The van der Waals surface area contributed by atoms with Crippen LogP contribution in [0, 0.1) is 11.8 Å². The lowest BCUT2D eigenvalue weighted by atomic mass is 9.78. The Hall–Kier alpha value is -3.89. The van der Waals surface area contributed by atoms with Gasteiger partial charge in [0.15, 0.2) is 17.3 Å². The van der Waals surface area contributed by atoms with E-state index >= 15 is 0 Å². The van der Waals surface area contributed by atoms with E-state index in [4.69, 9.17) is 9.72 Å². The van der Waals surface area contributed by atoms with Gasteiger partial charge in [-0.15, -0.1) is 0 Å². The van der Waals surface area contributed by atoms with Crippen LogP contribution in [0.1, 0.15) is 66.8 Å². The van der Waals surface area contributed by atoms with Crippen molar-refractivity contribution >= 4 is 45.0 Å². The summed E-state index contributed by atoms with van der Waals surface area (Å²) in [7, 11) is 5.39. The fourth-order valence-electron chi connectivity index (χ4n) is 6.99. The summed E-state index contributed by atoms with van der Waals surface area (Å²) in [4.78, 5) is 33.2. The number of hydrogen-bond donors (Lipinski definition) is 3. The van der Waals surface area contributed by atoms with Crippen LogP contribution < -0.4 is 15.4 Å². The Bertz CT molecular complexity index is 1700. The second kappa shape index (κ2) is 16.2. The van der Waals surface area contributed by atoms with E-state index in [1.807, 2.05) is 34.0 Å². The summed E-state index contributed by atoms with van der Waals surface area (Å²) in [6, 6.07) is 16.5. The van der Waals surface area contributed by atoms with E-state index in [9.17, 15) is 14.7 Å². The molecule has 258 valence electrons. The zero-order valence-electron chi connectivity index (χ0n) is 28.3. The number of fused-ring (bicyclic) bond motifs is 2. The van der Waals surface area contributed by atoms with Crippen LogP contribution in [0.5, 0.6) is 11.5 Å². The summed E-state index contributed by atoms with van der Waals surface area (Å²) >= 11 is 0. The number of Topliss-reactive ketones (excluding diaryl/α,β-unsaturated/α-hetero) is 1. The number of nitrogens with zero attached hydrogens (tertiary/aromatic N) is 2. The highest BCUT2D eigenvalue weighted by Gasteiger charge is 2.47. The summed E-state index contributed by atoms with van der Waals surface area (Å²) in [6.07, 6.45) is 13.8. The van der Waals surface area contributed by atoms with Crippen molar-refractivity contribution in [2.45, 2.75) is 56.6 Å². The maximum absolute atomic E-state index is 12.9. The van der Waals surface area contributed by atoms with Crippen LogP contribution in [0.25, 0.3) is 6.08 Å². The van der Waals surface area contributed by atoms with Crippen molar-refractivity contribution in [1.82, 2.24) is 15.2 Å². The molecule has 2 aromatic carbocycles. The number of phenolic OH excluding ortho intramolecular Hbond substituents is 1. The minimum atomic E-state index is -0.282. The molecule has 0 fully saturated rings. The van der Waals surface area contributed by atoms with Crippen molar-refractivity contribution in [2.75, 3.05) is 37.9 Å². The number of carbonyl (C=O) groups is 2. The minimum Gasteiger partial charge on any atom is -0.504 e. The van der Waals surface area contributed by atoms with Crippen molar-refractivity contribution < 1.29 is 19.4 Å². The molecule has 3 atom stereocenters. The molecule has 3 aliphatic heterocycles. The van der Waals surface area contributed by atoms with Crippen LogP contribution in [0.4, 0.5) is 5.82 Å². The summed E-state index contributed by atoms with van der Waals surface area (Å²) < 4.78 is 5.13. The molecule has 3 N–H and O–H groups in total. The normalized spacial score (nSPS) is 23.5. The topological polar surface area (TPSA) is 104 Å². The molecule has 6 rings (SSSR count). The first-order valence-electron chi connectivity index (χ1n) is 17.2. The van der Waals surface area contributed by atoms with Gasteiger partial charge >= 0.3 is 0 Å². The molecule has 4 heterocycles. The van der Waals surface area contributed by atoms with Crippen LogP contribution in [-0.4, -0.2) is 59.2 Å². The molecule has 0 amide bonds. The van der Waals surface area contributed by atoms with Crippen LogP contribution in [0.2, 0.25) is 0 Å². The molecule has 0 spiro atoms. The molecule has 1 aromatic heterocycles.